The molecule has 0 aliphatic carbocycles. The maximum atomic E-state index is 11.2. The number of benzene rings is 1. The van der Waals surface area contributed by atoms with Crippen LogP contribution in [0.5, 0.6) is 0 Å². The van der Waals surface area contributed by atoms with Gasteiger partial charge in [0.2, 0.25) is 0 Å². The van der Waals surface area contributed by atoms with Crippen LogP contribution in [0, 0.1) is 0 Å². The van der Waals surface area contributed by atoms with Gasteiger partial charge in [-0.3, -0.25) is 0 Å². The Bertz CT molecular complexity index is 631. The molecule has 0 fully saturated rings. The number of hydrogen-bond acceptors (Lipinski definition) is 4. The standard InChI is InChI=1S/C16H20N2O2S/c1-3-21-10-9-11(2)17-15-8-7-12-13(16(19)20)5-4-6-14(12)18-15/h4-8,11H,3,9-10H2,1-2H3,(H,17,18)(H,19,20). The summed E-state index contributed by atoms with van der Waals surface area (Å²) in [6.07, 6.45) is 1.08. The van der Waals surface area contributed by atoms with Crippen molar-refractivity contribution in [1.82, 2.24) is 4.98 Å². The highest BCUT2D eigenvalue weighted by atomic mass is 32.2. The van der Waals surface area contributed by atoms with E-state index in [9.17, 15) is 9.90 Å². The van der Waals surface area contributed by atoms with Gasteiger partial charge in [-0.25, -0.2) is 9.78 Å². The largest absolute Gasteiger partial charge is 0.478 e. The summed E-state index contributed by atoms with van der Waals surface area (Å²) in [7, 11) is 0. The highest BCUT2D eigenvalue weighted by Crippen LogP contribution is 2.20. The van der Waals surface area contributed by atoms with Crippen molar-refractivity contribution < 1.29 is 9.90 Å². The number of hydrogen-bond donors (Lipinski definition) is 2. The lowest BCUT2D eigenvalue weighted by molar-refractivity contribution is 0.0699. The number of anilines is 1. The molecule has 2 N–H and O–H groups in total. The van der Waals surface area contributed by atoms with E-state index in [1.165, 1.54) is 0 Å². The predicted molar refractivity (Wildman–Crippen MR) is 89.4 cm³/mol. The number of carboxylic acid groups (broad SMARTS) is 1. The zero-order chi connectivity index (χ0) is 15.2. The molecule has 0 saturated heterocycles. The summed E-state index contributed by atoms with van der Waals surface area (Å²) in [4.78, 5) is 15.7. The number of thioether (sulfide) groups is 1. The normalized spacial score (nSPS) is 12.3. The summed E-state index contributed by atoms with van der Waals surface area (Å²) in [5.74, 6) is 2.13. The number of fused-ring (bicyclic) bond motifs is 1. The molecular weight excluding hydrogens is 284 g/mol. The first-order valence-corrected chi connectivity index (χ1v) is 8.24. The molecule has 5 heteroatoms. The van der Waals surface area contributed by atoms with Crippen LogP contribution in [0.2, 0.25) is 0 Å². The third kappa shape index (κ3) is 4.11. The van der Waals surface area contributed by atoms with E-state index in [2.05, 4.69) is 24.1 Å². The number of aromatic carboxylic acids is 1. The second kappa shape index (κ2) is 7.31. The van der Waals surface area contributed by atoms with E-state index in [0.29, 0.717) is 22.5 Å². The first kappa shape index (κ1) is 15.6. The second-order valence-electron chi connectivity index (χ2n) is 4.90. The van der Waals surface area contributed by atoms with E-state index in [4.69, 9.17) is 0 Å². The minimum Gasteiger partial charge on any atom is -0.478 e. The number of carboxylic acids is 1. The fraction of sp³-hybridized carbons (Fsp3) is 0.375. The first-order chi connectivity index (χ1) is 10.1. The lowest BCUT2D eigenvalue weighted by atomic mass is 10.1. The van der Waals surface area contributed by atoms with Gasteiger partial charge in [-0.1, -0.05) is 13.0 Å². The van der Waals surface area contributed by atoms with Crippen LogP contribution in [-0.4, -0.2) is 33.6 Å². The van der Waals surface area contributed by atoms with Gasteiger partial charge >= 0.3 is 5.97 Å². The van der Waals surface area contributed by atoms with Crippen LogP contribution in [0.4, 0.5) is 5.82 Å². The summed E-state index contributed by atoms with van der Waals surface area (Å²) < 4.78 is 0. The van der Waals surface area contributed by atoms with Gasteiger partial charge in [0.1, 0.15) is 5.82 Å². The molecule has 21 heavy (non-hydrogen) atoms. The third-order valence-electron chi connectivity index (χ3n) is 3.26. The molecule has 0 bridgehead atoms. The average Bonchev–Trinajstić information content (AvgIpc) is 2.46. The number of nitrogens with one attached hydrogen (secondary N) is 1. The average molecular weight is 304 g/mol. The molecule has 0 spiro atoms. The number of pyridine rings is 1. The van der Waals surface area contributed by atoms with Crippen LogP contribution >= 0.6 is 11.8 Å². The van der Waals surface area contributed by atoms with Crippen LogP contribution in [0.1, 0.15) is 30.6 Å². The summed E-state index contributed by atoms with van der Waals surface area (Å²) in [5.41, 5.74) is 0.994. The molecule has 0 radical (unpaired) electrons. The second-order valence-corrected chi connectivity index (χ2v) is 6.30. The van der Waals surface area contributed by atoms with Crippen molar-refractivity contribution in [2.75, 3.05) is 16.8 Å². The fourth-order valence-electron chi connectivity index (χ4n) is 2.15. The topological polar surface area (TPSA) is 62.2 Å². The first-order valence-electron chi connectivity index (χ1n) is 7.09. The molecule has 112 valence electrons. The molecule has 0 aliphatic rings. The van der Waals surface area contributed by atoms with Crippen LogP contribution < -0.4 is 5.32 Å². The SMILES string of the molecule is CCSCCC(C)Nc1ccc2c(C(=O)O)cccc2n1. The minimum absolute atomic E-state index is 0.291. The Labute approximate surface area is 129 Å². The van der Waals surface area contributed by atoms with E-state index >= 15 is 0 Å². The molecule has 2 rings (SSSR count). The van der Waals surface area contributed by atoms with Gasteiger partial charge < -0.3 is 10.4 Å². The van der Waals surface area contributed by atoms with E-state index in [1.54, 1.807) is 12.1 Å². The van der Waals surface area contributed by atoms with Crippen molar-refractivity contribution in [3.63, 3.8) is 0 Å². The number of nitrogens with zero attached hydrogens (tertiary/aromatic N) is 1. The summed E-state index contributed by atoms with van der Waals surface area (Å²) in [6.45, 7) is 4.30. The molecule has 0 amide bonds. The Hall–Kier alpha value is -1.75. The van der Waals surface area contributed by atoms with Gasteiger partial charge in [-0.15, -0.1) is 0 Å². The molecule has 1 heterocycles. The van der Waals surface area contributed by atoms with Crippen molar-refractivity contribution in [2.24, 2.45) is 0 Å². The summed E-state index contributed by atoms with van der Waals surface area (Å²) in [6, 6.07) is 9.18. The maximum Gasteiger partial charge on any atom is 0.336 e. The van der Waals surface area contributed by atoms with Gasteiger partial charge in [0.25, 0.3) is 0 Å². The van der Waals surface area contributed by atoms with Gasteiger partial charge in [-0.2, -0.15) is 11.8 Å². The van der Waals surface area contributed by atoms with Gasteiger partial charge in [0, 0.05) is 11.4 Å². The van der Waals surface area contributed by atoms with E-state index in [-0.39, 0.29) is 0 Å². The molecule has 0 saturated carbocycles. The molecule has 1 aromatic carbocycles. The molecule has 1 atom stereocenters. The van der Waals surface area contributed by atoms with Gasteiger partial charge in [0.05, 0.1) is 11.1 Å². The highest BCUT2D eigenvalue weighted by Gasteiger charge is 2.10. The van der Waals surface area contributed by atoms with Crippen LogP contribution in [0.15, 0.2) is 30.3 Å². The van der Waals surface area contributed by atoms with E-state index in [0.717, 1.165) is 23.7 Å². The fourth-order valence-corrected chi connectivity index (χ4v) is 2.96. The van der Waals surface area contributed by atoms with Crippen molar-refractivity contribution >= 4 is 34.5 Å². The summed E-state index contributed by atoms with van der Waals surface area (Å²) >= 11 is 1.93. The van der Waals surface area contributed by atoms with Crippen molar-refractivity contribution in [3.05, 3.63) is 35.9 Å². The van der Waals surface area contributed by atoms with Crippen molar-refractivity contribution in [2.45, 2.75) is 26.3 Å². The lowest BCUT2D eigenvalue weighted by Gasteiger charge is -2.14. The quantitative estimate of drug-likeness (QED) is 0.760. The Morgan fingerprint density at radius 1 is 1.38 bits per heavy atom. The summed E-state index contributed by atoms with van der Waals surface area (Å²) in [5, 5.41) is 13.2. The molecule has 0 aliphatic heterocycles. The smallest absolute Gasteiger partial charge is 0.336 e. The molecule has 2 aromatic rings. The Kier molecular flexibility index (Phi) is 5.44. The third-order valence-corrected chi connectivity index (χ3v) is 4.19. The number of aromatic nitrogens is 1. The van der Waals surface area contributed by atoms with Crippen molar-refractivity contribution in [3.8, 4) is 0 Å². The number of rotatable bonds is 7. The zero-order valence-electron chi connectivity index (χ0n) is 12.3. The lowest BCUT2D eigenvalue weighted by Crippen LogP contribution is -2.16. The van der Waals surface area contributed by atoms with E-state index in [1.807, 2.05) is 30.0 Å². The molecule has 4 nitrogen and oxygen atoms in total. The highest BCUT2D eigenvalue weighted by molar-refractivity contribution is 7.99. The molecular formula is C16H20N2O2S. The van der Waals surface area contributed by atoms with Crippen molar-refractivity contribution in [1.29, 1.82) is 0 Å². The van der Waals surface area contributed by atoms with Gasteiger partial charge in [-0.05, 0) is 49.1 Å². The Morgan fingerprint density at radius 3 is 2.90 bits per heavy atom. The molecule has 1 unspecified atom stereocenters. The van der Waals surface area contributed by atoms with Gasteiger partial charge in [0.15, 0.2) is 0 Å². The maximum absolute atomic E-state index is 11.2. The van der Waals surface area contributed by atoms with Crippen LogP contribution in [0.3, 0.4) is 0 Å². The minimum atomic E-state index is -0.923. The van der Waals surface area contributed by atoms with Crippen LogP contribution in [-0.2, 0) is 0 Å². The van der Waals surface area contributed by atoms with Crippen LogP contribution in [0.25, 0.3) is 10.9 Å². The number of carbonyl (C=O) groups is 1. The monoisotopic (exact) mass is 304 g/mol. The zero-order valence-corrected chi connectivity index (χ0v) is 13.1. The Morgan fingerprint density at radius 2 is 2.19 bits per heavy atom. The molecule has 1 aromatic heterocycles. The predicted octanol–water partition coefficient (Wildman–Crippen LogP) is 3.88. The Balaban J connectivity index is 2.14. The van der Waals surface area contributed by atoms with E-state index < -0.39 is 5.97 Å².